The van der Waals surface area contributed by atoms with Gasteiger partial charge in [-0.15, -0.1) is 0 Å². The zero-order valence-corrected chi connectivity index (χ0v) is 12.3. The first kappa shape index (κ1) is 14.5. The Kier molecular flexibility index (Phi) is 4.74. The van der Waals surface area contributed by atoms with Crippen LogP contribution in [0.25, 0.3) is 0 Å². The molecule has 20 heavy (non-hydrogen) atoms. The van der Waals surface area contributed by atoms with E-state index >= 15 is 0 Å². The van der Waals surface area contributed by atoms with Crippen LogP contribution in [0.1, 0.15) is 15.9 Å². The molecule has 0 aromatic heterocycles. The number of halogens is 2. The molecule has 5 heteroatoms. The molecular weight excluding hydrogens is 327 g/mol. The maximum absolute atomic E-state index is 13.0. The van der Waals surface area contributed by atoms with Crippen LogP contribution in [0, 0.1) is 5.82 Å². The second-order valence-electron chi connectivity index (χ2n) is 4.01. The van der Waals surface area contributed by atoms with E-state index in [0.717, 1.165) is 5.56 Å². The SMILES string of the molecule is COc1ccccc1COC(=O)c1ccc(F)cc1Br. The molecule has 0 radical (unpaired) electrons. The van der Waals surface area contributed by atoms with Crippen LogP contribution in [0.5, 0.6) is 5.75 Å². The highest BCUT2D eigenvalue weighted by molar-refractivity contribution is 9.10. The van der Waals surface area contributed by atoms with Gasteiger partial charge in [-0.05, 0) is 40.2 Å². The third-order valence-electron chi connectivity index (χ3n) is 2.70. The first-order chi connectivity index (χ1) is 9.61. The average molecular weight is 339 g/mol. The Bertz CT molecular complexity index is 628. The predicted molar refractivity (Wildman–Crippen MR) is 76.2 cm³/mol. The highest BCUT2D eigenvalue weighted by Gasteiger charge is 2.13. The summed E-state index contributed by atoms with van der Waals surface area (Å²) in [6, 6.07) is 11.1. The number of hydrogen-bond donors (Lipinski definition) is 0. The van der Waals surface area contributed by atoms with Gasteiger partial charge in [0.25, 0.3) is 0 Å². The largest absolute Gasteiger partial charge is 0.496 e. The maximum atomic E-state index is 13.0. The van der Waals surface area contributed by atoms with Crippen molar-refractivity contribution in [1.29, 1.82) is 0 Å². The summed E-state index contributed by atoms with van der Waals surface area (Å²) in [4.78, 5) is 11.9. The van der Waals surface area contributed by atoms with E-state index in [1.807, 2.05) is 18.2 Å². The molecular formula is C15H12BrFO3. The Morgan fingerprint density at radius 1 is 1.25 bits per heavy atom. The molecule has 0 unspecified atom stereocenters. The van der Waals surface area contributed by atoms with Gasteiger partial charge in [0, 0.05) is 10.0 Å². The second-order valence-corrected chi connectivity index (χ2v) is 4.87. The van der Waals surface area contributed by atoms with Crippen molar-refractivity contribution in [3.8, 4) is 5.75 Å². The first-order valence-corrected chi connectivity index (χ1v) is 6.65. The minimum absolute atomic E-state index is 0.0899. The van der Waals surface area contributed by atoms with Crippen molar-refractivity contribution in [1.82, 2.24) is 0 Å². The molecule has 0 bridgehead atoms. The monoisotopic (exact) mass is 338 g/mol. The van der Waals surface area contributed by atoms with Crippen LogP contribution in [-0.2, 0) is 11.3 Å². The van der Waals surface area contributed by atoms with Crippen molar-refractivity contribution >= 4 is 21.9 Å². The number of rotatable bonds is 4. The van der Waals surface area contributed by atoms with Gasteiger partial charge in [0.2, 0.25) is 0 Å². The zero-order chi connectivity index (χ0) is 14.5. The summed E-state index contributed by atoms with van der Waals surface area (Å²) < 4.78 is 23.7. The van der Waals surface area contributed by atoms with E-state index in [2.05, 4.69) is 15.9 Å². The van der Waals surface area contributed by atoms with Gasteiger partial charge >= 0.3 is 5.97 Å². The summed E-state index contributed by atoms with van der Waals surface area (Å²) >= 11 is 3.14. The van der Waals surface area contributed by atoms with E-state index in [1.54, 1.807) is 13.2 Å². The molecule has 0 N–H and O–H groups in total. The van der Waals surface area contributed by atoms with Crippen molar-refractivity contribution in [2.45, 2.75) is 6.61 Å². The molecule has 0 fully saturated rings. The van der Waals surface area contributed by atoms with Crippen LogP contribution >= 0.6 is 15.9 Å². The fraction of sp³-hybridized carbons (Fsp3) is 0.133. The first-order valence-electron chi connectivity index (χ1n) is 5.86. The molecule has 0 heterocycles. The Morgan fingerprint density at radius 2 is 2.00 bits per heavy atom. The molecule has 2 aromatic carbocycles. The summed E-state index contributed by atoms with van der Waals surface area (Å²) in [6.45, 7) is 0.0899. The lowest BCUT2D eigenvalue weighted by atomic mass is 10.2. The fourth-order valence-electron chi connectivity index (χ4n) is 1.70. The number of benzene rings is 2. The van der Waals surface area contributed by atoms with Crippen LogP contribution in [0.3, 0.4) is 0 Å². The molecule has 0 amide bonds. The predicted octanol–water partition coefficient (Wildman–Crippen LogP) is 3.95. The zero-order valence-electron chi connectivity index (χ0n) is 10.7. The summed E-state index contributed by atoms with van der Waals surface area (Å²) in [5.74, 6) is -0.292. The molecule has 0 atom stereocenters. The number of hydrogen-bond acceptors (Lipinski definition) is 3. The van der Waals surface area contributed by atoms with Crippen LogP contribution in [0.4, 0.5) is 4.39 Å². The number of ether oxygens (including phenoxy) is 2. The van der Waals surface area contributed by atoms with E-state index < -0.39 is 11.8 Å². The fourth-order valence-corrected chi connectivity index (χ4v) is 2.21. The molecule has 0 saturated heterocycles. The highest BCUT2D eigenvalue weighted by Crippen LogP contribution is 2.21. The standard InChI is InChI=1S/C15H12BrFO3/c1-19-14-5-3-2-4-10(14)9-20-15(18)12-7-6-11(17)8-13(12)16/h2-8H,9H2,1H3. The summed E-state index contributed by atoms with van der Waals surface area (Å²) in [5.41, 5.74) is 1.04. The molecule has 2 aromatic rings. The lowest BCUT2D eigenvalue weighted by Gasteiger charge is -2.09. The highest BCUT2D eigenvalue weighted by atomic mass is 79.9. The van der Waals surface area contributed by atoms with E-state index in [1.165, 1.54) is 18.2 Å². The molecule has 0 saturated carbocycles. The summed E-state index contributed by atoms with van der Waals surface area (Å²) in [7, 11) is 1.55. The summed E-state index contributed by atoms with van der Waals surface area (Å²) in [5, 5.41) is 0. The molecule has 0 spiro atoms. The lowest BCUT2D eigenvalue weighted by molar-refractivity contribution is 0.0469. The van der Waals surface area contributed by atoms with Gasteiger partial charge in [-0.25, -0.2) is 9.18 Å². The Hall–Kier alpha value is -1.88. The number of para-hydroxylation sites is 1. The molecule has 0 aliphatic carbocycles. The molecule has 0 aliphatic rings. The van der Waals surface area contributed by atoms with Crippen LogP contribution < -0.4 is 4.74 Å². The average Bonchev–Trinajstić information content (AvgIpc) is 2.45. The normalized spacial score (nSPS) is 10.2. The minimum Gasteiger partial charge on any atom is -0.496 e. The maximum Gasteiger partial charge on any atom is 0.339 e. The van der Waals surface area contributed by atoms with Crippen LogP contribution in [0.15, 0.2) is 46.9 Å². The van der Waals surface area contributed by atoms with E-state index in [9.17, 15) is 9.18 Å². The summed E-state index contributed by atoms with van der Waals surface area (Å²) in [6.07, 6.45) is 0. The van der Waals surface area contributed by atoms with Gasteiger partial charge in [0.15, 0.2) is 0 Å². The smallest absolute Gasteiger partial charge is 0.339 e. The third-order valence-corrected chi connectivity index (χ3v) is 3.36. The quantitative estimate of drug-likeness (QED) is 0.791. The van der Waals surface area contributed by atoms with Gasteiger partial charge in [-0.3, -0.25) is 0 Å². The van der Waals surface area contributed by atoms with Crippen molar-refractivity contribution in [2.75, 3.05) is 7.11 Å². The number of carbonyl (C=O) groups excluding carboxylic acids is 1. The molecule has 104 valence electrons. The van der Waals surface area contributed by atoms with Gasteiger partial charge in [0.1, 0.15) is 18.2 Å². The number of carbonyl (C=O) groups is 1. The van der Waals surface area contributed by atoms with Crippen LogP contribution in [-0.4, -0.2) is 13.1 Å². The van der Waals surface area contributed by atoms with Crippen LogP contribution in [0.2, 0.25) is 0 Å². The number of esters is 1. The van der Waals surface area contributed by atoms with Gasteiger partial charge in [-0.2, -0.15) is 0 Å². The van der Waals surface area contributed by atoms with Gasteiger partial charge in [0.05, 0.1) is 12.7 Å². The number of methoxy groups -OCH3 is 1. The minimum atomic E-state index is -0.525. The van der Waals surface area contributed by atoms with E-state index in [-0.39, 0.29) is 12.2 Å². The lowest BCUT2D eigenvalue weighted by Crippen LogP contribution is -2.07. The van der Waals surface area contributed by atoms with Gasteiger partial charge < -0.3 is 9.47 Å². The topological polar surface area (TPSA) is 35.5 Å². The van der Waals surface area contributed by atoms with Crippen molar-refractivity contribution < 1.29 is 18.7 Å². The van der Waals surface area contributed by atoms with E-state index in [0.29, 0.717) is 10.2 Å². The second kappa shape index (κ2) is 6.52. The van der Waals surface area contributed by atoms with E-state index in [4.69, 9.17) is 9.47 Å². The molecule has 0 aliphatic heterocycles. The van der Waals surface area contributed by atoms with Gasteiger partial charge in [-0.1, -0.05) is 18.2 Å². The Morgan fingerprint density at radius 3 is 2.70 bits per heavy atom. The Labute approximate surface area is 124 Å². The molecule has 2 rings (SSSR count). The van der Waals surface area contributed by atoms with Crippen molar-refractivity contribution in [2.24, 2.45) is 0 Å². The Balaban J connectivity index is 2.09. The van der Waals surface area contributed by atoms with Crippen molar-refractivity contribution in [3.05, 3.63) is 63.9 Å². The van der Waals surface area contributed by atoms with Crippen molar-refractivity contribution in [3.63, 3.8) is 0 Å². The molecule has 3 nitrogen and oxygen atoms in total. The third kappa shape index (κ3) is 3.36.